The monoisotopic (exact) mass is 310 g/mol. The summed E-state index contributed by atoms with van der Waals surface area (Å²) in [4.78, 5) is 0. The molecule has 0 radical (unpaired) electrons. The number of nitrogens with zero attached hydrogens (tertiary/aromatic N) is 1. The van der Waals surface area contributed by atoms with E-state index in [1.807, 2.05) is 6.92 Å². The Balaban J connectivity index is 2.13. The van der Waals surface area contributed by atoms with Crippen LogP contribution in [0.2, 0.25) is 0 Å². The number of ether oxygens (including phenoxy) is 1. The maximum absolute atomic E-state index is 12.2. The van der Waals surface area contributed by atoms with Gasteiger partial charge in [-0.3, -0.25) is 9.82 Å². The third kappa shape index (κ3) is 3.73. The molecular weight excluding hydrogens is 292 g/mol. The first-order valence-corrected chi connectivity index (χ1v) is 8.03. The van der Waals surface area contributed by atoms with Crippen molar-refractivity contribution < 1.29 is 13.2 Å². The number of benzene rings is 1. The first kappa shape index (κ1) is 15.3. The molecule has 0 atom stereocenters. The first-order valence-electron chi connectivity index (χ1n) is 6.55. The lowest BCUT2D eigenvalue weighted by Crippen LogP contribution is -2.16. The van der Waals surface area contributed by atoms with Gasteiger partial charge in [0.1, 0.15) is 5.75 Å². The second kappa shape index (κ2) is 6.59. The number of hydrogen-bond acceptors (Lipinski definition) is 5. The Labute approximate surface area is 123 Å². The number of nitrogens with one attached hydrogen (secondary N) is 2. The predicted octanol–water partition coefficient (Wildman–Crippen LogP) is 1.46. The van der Waals surface area contributed by atoms with E-state index < -0.39 is 10.0 Å². The average Bonchev–Trinajstić information content (AvgIpc) is 2.95. The lowest BCUT2D eigenvalue weighted by molar-refractivity contribution is 0.317. The van der Waals surface area contributed by atoms with Gasteiger partial charge in [-0.05, 0) is 30.7 Å². The van der Waals surface area contributed by atoms with E-state index in [-0.39, 0.29) is 11.6 Å². The summed E-state index contributed by atoms with van der Waals surface area (Å²) in [6.07, 6.45) is 2.31. The molecule has 1 heterocycles. The maximum Gasteiger partial charge on any atom is 0.279 e. The second-order valence-corrected chi connectivity index (χ2v) is 6.03. The molecule has 4 N–H and O–H groups in total. The molecule has 0 saturated heterocycles. The molecule has 0 aliphatic carbocycles. The van der Waals surface area contributed by atoms with Gasteiger partial charge in [0.25, 0.3) is 10.0 Å². The fourth-order valence-electron chi connectivity index (χ4n) is 1.72. The largest absolute Gasteiger partial charge is 0.494 e. The number of nitrogens with two attached hydrogens (primary N) is 1. The van der Waals surface area contributed by atoms with Crippen LogP contribution < -0.4 is 15.2 Å². The van der Waals surface area contributed by atoms with E-state index in [4.69, 9.17) is 10.5 Å². The quantitative estimate of drug-likeness (QED) is 0.717. The van der Waals surface area contributed by atoms with E-state index in [2.05, 4.69) is 14.9 Å². The minimum atomic E-state index is -3.73. The summed E-state index contributed by atoms with van der Waals surface area (Å²) in [5.74, 6) is 0.698. The van der Waals surface area contributed by atoms with Crippen LogP contribution in [0.5, 0.6) is 5.75 Å². The summed E-state index contributed by atoms with van der Waals surface area (Å²) in [6, 6.07) is 6.71. The van der Waals surface area contributed by atoms with Crippen LogP contribution >= 0.6 is 0 Å². The van der Waals surface area contributed by atoms with Crippen LogP contribution in [0.25, 0.3) is 0 Å². The molecule has 0 aliphatic rings. The summed E-state index contributed by atoms with van der Waals surface area (Å²) in [6.45, 7) is 2.73. The van der Waals surface area contributed by atoms with Gasteiger partial charge in [-0.1, -0.05) is 6.92 Å². The van der Waals surface area contributed by atoms with E-state index in [9.17, 15) is 8.42 Å². The summed E-state index contributed by atoms with van der Waals surface area (Å²) in [5, 5.41) is 6.14. The van der Waals surface area contributed by atoms with Crippen molar-refractivity contribution in [3.05, 3.63) is 36.0 Å². The SMILES string of the molecule is CCCOc1ccc(NS(=O)(=O)c2[nH]ncc2CN)cc1. The van der Waals surface area contributed by atoms with Gasteiger partial charge >= 0.3 is 0 Å². The van der Waals surface area contributed by atoms with E-state index >= 15 is 0 Å². The Hall–Kier alpha value is -2.06. The fourth-order valence-corrected chi connectivity index (χ4v) is 2.93. The Bertz CT molecular complexity index is 680. The van der Waals surface area contributed by atoms with Crippen molar-refractivity contribution in [3.8, 4) is 5.75 Å². The fraction of sp³-hybridized carbons (Fsp3) is 0.308. The van der Waals surface area contributed by atoms with Gasteiger partial charge in [-0.15, -0.1) is 0 Å². The molecular formula is C13H18N4O3S. The number of hydrogen-bond donors (Lipinski definition) is 3. The number of aromatic amines is 1. The predicted molar refractivity (Wildman–Crippen MR) is 79.5 cm³/mol. The van der Waals surface area contributed by atoms with Crippen LogP contribution in [-0.4, -0.2) is 25.2 Å². The lowest BCUT2D eigenvalue weighted by atomic mass is 10.3. The smallest absolute Gasteiger partial charge is 0.279 e. The van der Waals surface area contributed by atoms with Crippen LogP contribution in [0.3, 0.4) is 0 Å². The van der Waals surface area contributed by atoms with E-state index in [1.165, 1.54) is 6.20 Å². The van der Waals surface area contributed by atoms with E-state index in [0.29, 0.717) is 23.6 Å². The van der Waals surface area contributed by atoms with Crippen LogP contribution in [0.4, 0.5) is 5.69 Å². The zero-order valence-corrected chi connectivity index (χ0v) is 12.5. The number of sulfonamides is 1. The van der Waals surface area contributed by atoms with Gasteiger partial charge < -0.3 is 10.5 Å². The van der Waals surface area contributed by atoms with Crippen molar-refractivity contribution in [1.82, 2.24) is 10.2 Å². The lowest BCUT2D eigenvalue weighted by Gasteiger charge is -2.09. The minimum Gasteiger partial charge on any atom is -0.494 e. The molecule has 2 rings (SSSR count). The van der Waals surface area contributed by atoms with Crippen molar-refractivity contribution in [2.75, 3.05) is 11.3 Å². The number of rotatable bonds is 7. The summed E-state index contributed by atoms with van der Waals surface area (Å²) < 4.78 is 32.4. The minimum absolute atomic E-state index is 0.0173. The van der Waals surface area contributed by atoms with Crippen molar-refractivity contribution >= 4 is 15.7 Å². The standard InChI is InChI=1S/C13H18N4O3S/c1-2-7-20-12-5-3-11(4-6-12)17-21(18,19)13-10(8-14)9-15-16-13/h3-6,9,17H,2,7-8,14H2,1H3,(H,15,16). The number of aromatic nitrogens is 2. The Morgan fingerprint density at radius 1 is 1.33 bits per heavy atom. The molecule has 0 unspecified atom stereocenters. The molecule has 0 saturated carbocycles. The van der Waals surface area contributed by atoms with Crippen molar-refractivity contribution in [2.45, 2.75) is 24.9 Å². The first-order chi connectivity index (χ1) is 10.1. The molecule has 21 heavy (non-hydrogen) atoms. The molecule has 8 heteroatoms. The summed E-state index contributed by atoms with van der Waals surface area (Å²) >= 11 is 0. The van der Waals surface area contributed by atoms with Crippen molar-refractivity contribution in [3.63, 3.8) is 0 Å². The van der Waals surface area contributed by atoms with Crippen LogP contribution in [0.1, 0.15) is 18.9 Å². The Kier molecular flexibility index (Phi) is 4.81. The van der Waals surface area contributed by atoms with Gasteiger partial charge in [0, 0.05) is 17.8 Å². The van der Waals surface area contributed by atoms with Crippen LogP contribution in [-0.2, 0) is 16.6 Å². The zero-order valence-electron chi connectivity index (χ0n) is 11.7. The Morgan fingerprint density at radius 2 is 2.05 bits per heavy atom. The molecule has 2 aromatic rings. The van der Waals surface area contributed by atoms with E-state index in [0.717, 1.165) is 6.42 Å². The maximum atomic E-state index is 12.2. The van der Waals surface area contributed by atoms with Gasteiger partial charge in [-0.2, -0.15) is 13.5 Å². The van der Waals surface area contributed by atoms with E-state index in [1.54, 1.807) is 24.3 Å². The molecule has 1 aromatic carbocycles. The average molecular weight is 310 g/mol. The topological polar surface area (TPSA) is 110 Å². The normalized spacial score (nSPS) is 11.3. The van der Waals surface area contributed by atoms with Gasteiger partial charge in [0.05, 0.1) is 12.8 Å². The second-order valence-electron chi connectivity index (χ2n) is 4.41. The number of anilines is 1. The van der Waals surface area contributed by atoms with Crippen molar-refractivity contribution in [1.29, 1.82) is 0 Å². The molecule has 1 aromatic heterocycles. The third-order valence-corrected chi connectivity index (χ3v) is 4.14. The highest BCUT2D eigenvalue weighted by Gasteiger charge is 2.20. The Morgan fingerprint density at radius 3 is 2.67 bits per heavy atom. The highest BCUT2D eigenvalue weighted by Crippen LogP contribution is 2.20. The molecule has 0 spiro atoms. The summed E-state index contributed by atoms with van der Waals surface area (Å²) in [5.41, 5.74) is 6.36. The molecule has 0 bridgehead atoms. The summed E-state index contributed by atoms with van der Waals surface area (Å²) in [7, 11) is -3.73. The highest BCUT2D eigenvalue weighted by molar-refractivity contribution is 7.92. The number of H-pyrrole nitrogens is 1. The molecule has 7 nitrogen and oxygen atoms in total. The van der Waals surface area contributed by atoms with Crippen LogP contribution in [0, 0.1) is 0 Å². The highest BCUT2D eigenvalue weighted by atomic mass is 32.2. The third-order valence-electron chi connectivity index (χ3n) is 2.75. The molecule has 114 valence electrons. The molecule has 0 amide bonds. The van der Waals surface area contributed by atoms with Gasteiger partial charge in [0.15, 0.2) is 5.03 Å². The molecule has 0 aliphatic heterocycles. The van der Waals surface area contributed by atoms with Gasteiger partial charge in [-0.25, -0.2) is 0 Å². The zero-order chi connectivity index (χ0) is 15.3. The van der Waals surface area contributed by atoms with Crippen molar-refractivity contribution in [2.24, 2.45) is 5.73 Å². The van der Waals surface area contributed by atoms with Crippen LogP contribution in [0.15, 0.2) is 35.5 Å². The molecule has 0 fully saturated rings. The van der Waals surface area contributed by atoms with Gasteiger partial charge in [0.2, 0.25) is 0 Å².